The van der Waals surface area contributed by atoms with Crippen LogP contribution in [0.15, 0.2) is 36.7 Å². The monoisotopic (exact) mass is 388 g/mol. The molecule has 0 amide bonds. The van der Waals surface area contributed by atoms with Gasteiger partial charge in [-0.05, 0) is 79.5 Å². The number of benzene rings is 1. The van der Waals surface area contributed by atoms with Crippen molar-refractivity contribution in [1.82, 2.24) is 9.97 Å². The summed E-state index contributed by atoms with van der Waals surface area (Å²) in [4.78, 5) is 8.77. The molecule has 29 heavy (non-hydrogen) atoms. The highest BCUT2D eigenvalue weighted by atomic mass is 14.8. The van der Waals surface area contributed by atoms with Crippen LogP contribution in [0.25, 0.3) is 0 Å². The van der Waals surface area contributed by atoms with Gasteiger partial charge in [0.1, 0.15) is 0 Å². The Hall–Kier alpha value is -2.14. The van der Waals surface area contributed by atoms with Gasteiger partial charge in [-0.1, -0.05) is 64.0 Å². The van der Waals surface area contributed by atoms with E-state index >= 15 is 0 Å². The van der Waals surface area contributed by atoms with Crippen molar-refractivity contribution < 1.29 is 0 Å². The summed E-state index contributed by atoms with van der Waals surface area (Å²) in [6.45, 7) is 4.49. The summed E-state index contributed by atoms with van der Waals surface area (Å²) in [5.41, 5.74) is 3.72. The van der Waals surface area contributed by atoms with E-state index in [1.54, 1.807) is 0 Å². The average Bonchev–Trinajstić information content (AvgIpc) is 2.78. The fraction of sp³-hybridized carbons (Fsp3) is 0.556. The van der Waals surface area contributed by atoms with Gasteiger partial charge in [-0.25, -0.2) is 9.97 Å². The first-order valence-corrected chi connectivity index (χ1v) is 11.7. The normalized spacial score (nSPS) is 18.8. The topological polar surface area (TPSA) is 25.8 Å². The fourth-order valence-electron chi connectivity index (χ4n) is 4.36. The molecule has 154 valence electrons. The van der Waals surface area contributed by atoms with Crippen molar-refractivity contribution in [2.45, 2.75) is 90.4 Å². The molecule has 0 bridgehead atoms. The predicted molar refractivity (Wildman–Crippen MR) is 122 cm³/mol. The molecule has 0 N–H and O–H groups in total. The zero-order valence-corrected chi connectivity index (χ0v) is 18.3. The fourth-order valence-corrected chi connectivity index (χ4v) is 4.36. The lowest BCUT2D eigenvalue weighted by molar-refractivity contribution is 0.303. The minimum absolute atomic E-state index is 0.607. The SMILES string of the molecule is CCCCC[C@H]1CC[C@H](c2ccc(C#Cc3ncc(CCCC)cn3)cc2)CC1. The van der Waals surface area contributed by atoms with Gasteiger partial charge in [0.05, 0.1) is 0 Å². The van der Waals surface area contributed by atoms with Crippen LogP contribution >= 0.6 is 0 Å². The van der Waals surface area contributed by atoms with E-state index < -0.39 is 0 Å². The molecule has 0 saturated heterocycles. The van der Waals surface area contributed by atoms with Crippen molar-refractivity contribution in [2.75, 3.05) is 0 Å². The number of aromatic nitrogens is 2. The Morgan fingerprint density at radius 2 is 1.52 bits per heavy atom. The van der Waals surface area contributed by atoms with Crippen molar-refractivity contribution in [3.8, 4) is 11.8 Å². The Kier molecular flexibility index (Phi) is 8.75. The zero-order chi connectivity index (χ0) is 20.3. The van der Waals surface area contributed by atoms with Gasteiger partial charge in [-0.15, -0.1) is 0 Å². The molecular weight excluding hydrogens is 352 g/mol. The lowest BCUT2D eigenvalue weighted by Crippen LogP contribution is -2.13. The van der Waals surface area contributed by atoms with Crippen LogP contribution in [-0.2, 0) is 6.42 Å². The maximum Gasteiger partial charge on any atom is 0.205 e. The minimum Gasteiger partial charge on any atom is -0.229 e. The Labute approximate surface area is 177 Å². The van der Waals surface area contributed by atoms with E-state index in [4.69, 9.17) is 0 Å². The number of unbranched alkanes of at least 4 members (excludes halogenated alkanes) is 3. The average molecular weight is 389 g/mol. The van der Waals surface area contributed by atoms with Gasteiger partial charge in [0.2, 0.25) is 5.82 Å². The van der Waals surface area contributed by atoms with Gasteiger partial charge in [0.25, 0.3) is 0 Å². The number of rotatable bonds is 8. The van der Waals surface area contributed by atoms with Crippen molar-refractivity contribution in [3.05, 3.63) is 59.2 Å². The third-order valence-corrected chi connectivity index (χ3v) is 6.29. The number of aryl methyl sites for hydroxylation is 1. The quantitative estimate of drug-likeness (QED) is 0.357. The first-order valence-electron chi connectivity index (χ1n) is 11.7. The molecule has 3 rings (SSSR count). The van der Waals surface area contributed by atoms with Gasteiger partial charge in [0.15, 0.2) is 0 Å². The van der Waals surface area contributed by atoms with E-state index in [0.29, 0.717) is 5.82 Å². The molecule has 2 heteroatoms. The maximum atomic E-state index is 4.39. The highest BCUT2D eigenvalue weighted by Crippen LogP contribution is 2.37. The first kappa shape index (κ1) is 21.6. The van der Waals surface area contributed by atoms with Gasteiger partial charge in [-0.2, -0.15) is 0 Å². The summed E-state index contributed by atoms with van der Waals surface area (Å²) >= 11 is 0. The standard InChI is InChI=1S/C27H36N2/c1-3-5-7-9-22-10-15-25(16-11-22)26-17-12-23(13-18-26)14-19-27-28-20-24(21-29-27)8-6-4-2/h12-13,17-18,20-22,25H,3-11,15-16H2,1-2H3/t22-,25-. The molecule has 2 aromatic rings. The number of nitrogens with zero attached hydrogens (tertiary/aromatic N) is 2. The van der Waals surface area contributed by atoms with Crippen LogP contribution in [0.5, 0.6) is 0 Å². The maximum absolute atomic E-state index is 4.39. The molecule has 0 unspecified atom stereocenters. The van der Waals surface area contributed by atoms with Crippen LogP contribution < -0.4 is 0 Å². The lowest BCUT2D eigenvalue weighted by Gasteiger charge is -2.29. The van der Waals surface area contributed by atoms with Gasteiger partial charge in [0, 0.05) is 18.0 Å². The van der Waals surface area contributed by atoms with Crippen molar-refractivity contribution in [2.24, 2.45) is 5.92 Å². The minimum atomic E-state index is 0.607. The Balaban J connectivity index is 1.50. The van der Waals surface area contributed by atoms with Crippen molar-refractivity contribution in [1.29, 1.82) is 0 Å². The molecule has 0 spiro atoms. The van der Waals surface area contributed by atoms with E-state index in [-0.39, 0.29) is 0 Å². The van der Waals surface area contributed by atoms with E-state index in [1.165, 1.54) is 75.3 Å². The number of hydrogen-bond donors (Lipinski definition) is 0. The number of hydrogen-bond acceptors (Lipinski definition) is 2. The molecule has 0 aliphatic heterocycles. The second-order valence-corrected chi connectivity index (χ2v) is 8.60. The van der Waals surface area contributed by atoms with Crippen LogP contribution in [0.2, 0.25) is 0 Å². The van der Waals surface area contributed by atoms with Crippen LogP contribution in [0, 0.1) is 17.8 Å². The van der Waals surface area contributed by atoms with E-state index in [1.807, 2.05) is 12.4 Å². The largest absolute Gasteiger partial charge is 0.229 e. The molecular formula is C27H36N2. The second kappa shape index (κ2) is 11.8. The molecule has 1 aliphatic rings. The predicted octanol–water partition coefficient (Wildman–Crippen LogP) is 7.07. The van der Waals surface area contributed by atoms with E-state index in [2.05, 4.69) is 59.9 Å². The molecule has 0 radical (unpaired) electrons. The highest BCUT2D eigenvalue weighted by molar-refractivity contribution is 5.40. The van der Waals surface area contributed by atoms with E-state index in [0.717, 1.165) is 23.8 Å². The second-order valence-electron chi connectivity index (χ2n) is 8.60. The van der Waals surface area contributed by atoms with Crippen molar-refractivity contribution in [3.63, 3.8) is 0 Å². The molecule has 2 nitrogen and oxygen atoms in total. The molecule has 1 aliphatic carbocycles. The van der Waals surface area contributed by atoms with Crippen LogP contribution in [0.3, 0.4) is 0 Å². The summed E-state index contributed by atoms with van der Waals surface area (Å²) in [6.07, 6.45) is 18.3. The molecule has 1 saturated carbocycles. The summed E-state index contributed by atoms with van der Waals surface area (Å²) < 4.78 is 0. The molecule has 0 atom stereocenters. The summed E-state index contributed by atoms with van der Waals surface area (Å²) in [5.74, 6) is 8.63. The summed E-state index contributed by atoms with van der Waals surface area (Å²) in [5, 5.41) is 0. The van der Waals surface area contributed by atoms with Gasteiger partial charge in [-0.3, -0.25) is 0 Å². The van der Waals surface area contributed by atoms with Gasteiger partial charge < -0.3 is 0 Å². The lowest BCUT2D eigenvalue weighted by atomic mass is 9.77. The zero-order valence-electron chi connectivity index (χ0n) is 18.3. The third kappa shape index (κ3) is 7.00. The van der Waals surface area contributed by atoms with Crippen molar-refractivity contribution >= 4 is 0 Å². The van der Waals surface area contributed by atoms with Gasteiger partial charge >= 0.3 is 0 Å². The van der Waals surface area contributed by atoms with Crippen LogP contribution in [0.4, 0.5) is 0 Å². The first-order chi connectivity index (χ1) is 14.3. The molecule has 1 aromatic heterocycles. The van der Waals surface area contributed by atoms with Crippen LogP contribution in [-0.4, -0.2) is 9.97 Å². The molecule has 1 aromatic carbocycles. The van der Waals surface area contributed by atoms with E-state index in [9.17, 15) is 0 Å². The summed E-state index contributed by atoms with van der Waals surface area (Å²) in [6, 6.07) is 8.87. The summed E-state index contributed by atoms with van der Waals surface area (Å²) in [7, 11) is 0. The Morgan fingerprint density at radius 3 is 2.17 bits per heavy atom. The molecule has 1 heterocycles. The Bertz CT molecular complexity index is 772. The van der Waals surface area contributed by atoms with Crippen LogP contribution in [0.1, 0.15) is 106 Å². The molecule has 1 fully saturated rings. The smallest absolute Gasteiger partial charge is 0.205 e. The highest BCUT2D eigenvalue weighted by Gasteiger charge is 2.21. The third-order valence-electron chi connectivity index (χ3n) is 6.29. The Morgan fingerprint density at radius 1 is 0.828 bits per heavy atom.